The van der Waals surface area contributed by atoms with Crippen molar-refractivity contribution in [3.05, 3.63) is 84.2 Å². The van der Waals surface area contributed by atoms with Crippen LogP contribution >= 0.6 is 11.8 Å². The summed E-state index contributed by atoms with van der Waals surface area (Å²) in [7, 11) is 1.60. The molecular weight excluding hydrogens is 545 g/mol. The van der Waals surface area contributed by atoms with Gasteiger partial charge in [0.1, 0.15) is 17.8 Å². The smallest absolute Gasteiger partial charge is 0.497 e. The fraction of sp³-hybridized carbons (Fsp3) is 0.185. The first-order valence-corrected chi connectivity index (χ1v) is 13.0. The maximum atomic E-state index is 12.6. The summed E-state index contributed by atoms with van der Waals surface area (Å²) in [4.78, 5) is 18.6. The molecule has 206 valence electrons. The van der Waals surface area contributed by atoms with Gasteiger partial charge in [-0.1, -0.05) is 24.3 Å². The van der Waals surface area contributed by atoms with Crippen LogP contribution in [0.4, 0.5) is 18.9 Å². The van der Waals surface area contributed by atoms with E-state index < -0.39 is 6.36 Å². The lowest BCUT2D eigenvalue weighted by Crippen LogP contribution is -2.40. The average molecular weight is 569 g/mol. The number of aryl methyl sites for hydroxylation is 1. The van der Waals surface area contributed by atoms with Crippen molar-refractivity contribution in [1.29, 1.82) is 0 Å². The molecule has 0 bridgehead atoms. The highest BCUT2D eigenvalue weighted by atomic mass is 32.2. The van der Waals surface area contributed by atoms with Crippen molar-refractivity contribution in [2.24, 2.45) is 5.10 Å². The lowest BCUT2D eigenvalue weighted by Gasteiger charge is -2.25. The van der Waals surface area contributed by atoms with Crippen LogP contribution in [0.2, 0.25) is 0 Å². The molecule has 2 heterocycles. The van der Waals surface area contributed by atoms with E-state index in [1.165, 1.54) is 47.0 Å². The molecule has 1 aromatic heterocycles. The molecule has 1 aliphatic rings. The topological polar surface area (TPSA) is 93.9 Å². The maximum absolute atomic E-state index is 12.6. The minimum atomic E-state index is -4.75. The van der Waals surface area contributed by atoms with Crippen LogP contribution in [-0.2, 0) is 4.79 Å². The van der Waals surface area contributed by atoms with E-state index in [4.69, 9.17) is 4.74 Å². The number of hydrazone groups is 1. The predicted molar refractivity (Wildman–Crippen MR) is 146 cm³/mol. The Balaban J connectivity index is 1.22. The molecule has 1 atom stereocenters. The normalized spacial score (nSPS) is 15.6. The fourth-order valence-corrected chi connectivity index (χ4v) is 4.98. The third-order valence-corrected chi connectivity index (χ3v) is 6.97. The molecule has 1 saturated heterocycles. The Morgan fingerprint density at radius 3 is 2.48 bits per heavy atom. The largest absolute Gasteiger partial charge is 0.573 e. The second-order valence-corrected chi connectivity index (χ2v) is 9.71. The van der Waals surface area contributed by atoms with Crippen LogP contribution < -0.4 is 19.8 Å². The summed E-state index contributed by atoms with van der Waals surface area (Å²) in [6, 6.07) is 18.3. The summed E-state index contributed by atoms with van der Waals surface area (Å²) < 4.78 is 47.7. The first-order chi connectivity index (χ1) is 19.2. The van der Waals surface area contributed by atoms with Gasteiger partial charge < -0.3 is 9.47 Å². The van der Waals surface area contributed by atoms with Gasteiger partial charge in [-0.2, -0.15) is 5.10 Å². The molecule has 3 aromatic carbocycles. The van der Waals surface area contributed by atoms with Gasteiger partial charge in [0, 0.05) is 11.3 Å². The second kappa shape index (κ2) is 11.3. The highest BCUT2D eigenvalue weighted by Crippen LogP contribution is 2.33. The number of rotatable bonds is 8. The standard InChI is InChI=1S/C27H23F3N6O3S/c1-17-13-22(38-2)11-12-23(17)36-24(37)15-40-26(36)33-32-14-18-3-5-19(6-4-18)25-31-16-35(34-25)20-7-9-21(10-8-20)39-27(28,29)30/h3-14,16,26,33H,15H2,1-2H3/b32-14+. The van der Waals surface area contributed by atoms with Gasteiger partial charge in [0.2, 0.25) is 5.91 Å². The van der Waals surface area contributed by atoms with Gasteiger partial charge in [0.25, 0.3) is 0 Å². The number of carbonyl (C=O) groups excluding carboxylic acids is 1. The first-order valence-electron chi connectivity index (χ1n) is 12.0. The van der Waals surface area contributed by atoms with Gasteiger partial charge in [-0.15, -0.1) is 30.0 Å². The number of halogens is 3. The lowest BCUT2D eigenvalue weighted by molar-refractivity contribution is -0.274. The molecule has 5 rings (SSSR count). The van der Waals surface area contributed by atoms with Crippen molar-refractivity contribution < 1.29 is 27.4 Å². The molecule has 1 amide bonds. The summed E-state index contributed by atoms with van der Waals surface area (Å²) in [5.41, 5.74) is 6.52. The van der Waals surface area contributed by atoms with Gasteiger partial charge in [-0.05, 0) is 60.5 Å². The van der Waals surface area contributed by atoms with E-state index in [-0.39, 0.29) is 17.2 Å². The van der Waals surface area contributed by atoms with Crippen LogP contribution in [0.15, 0.2) is 78.2 Å². The maximum Gasteiger partial charge on any atom is 0.573 e. The Hall–Kier alpha value is -4.52. The number of hydrogen-bond acceptors (Lipinski definition) is 8. The lowest BCUT2D eigenvalue weighted by atomic mass is 10.1. The zero-order valence-corrected chi connectivity index (χ0v) is 22.1. The van der Waals surface area contributed by atoms with E-state index in [1.54, 1.807) is 18.2 Å². The number of thioether (sulfide) groups is 1. The van der Waals surface area contributed by atoms with Crippen molar-refractivity contribution >= 4 is 29.6 Å². The highest BCUT2D eigenvalue weighted by Gasteiger charge is 2.34. The van der Waals surface area contributed by atoms with E-state index >= 15 is 0 Å². The van der Waals surface area contributed by atoms with E-state index in [0.29, 0.717) is 17.3 Å². The van der Waals surface area contributed by atoms with Crippen LogP contribution in [0, 0.1) is 6.92 Å². The molecule has 0 spiro atoms. The van der Waals surface area contributed by atoms with Crippen molar-refractivity contribution in [1.82, 2.24) is 20.2 Å². The second-order valence-electron chi connectivity index (χ2n) is 8.64. The number of alkyl halides is 3. The van der Waals surface area contributed by atoms with Gasteiger partial charge in [-0.3, -0.25) is 15.1 Å². The number of carbonyl (C=O) groups is 1. The summed E-state index contributed by atoms with van der Waals surface area (Å²) in [6.07, 6.45) is -1.62. The SMILES string of the molecule is COc1ccc(N2C(=O)CSC2N/N=C/c2ccc(-c3ncn(-c4ccc(OC(F)(F)F)cc4)n3)cc2)c(C)c1. The van der Waals surface area contributed by atoms with Crippen LogP contribution in [0.5, 0.6) is 11.5 Å². The van der Waals surface area contributed by atoms with E-state index in [0.717, 1.165) is 28.1 Å². The number of nitrogens with zero attached hydrogens (tertiary/aromatic N) is 5. The van der Waals surface area contributed by atoms with Crippen molar-refractivity contribution in [2.75, 3.05) is 17.8 Å². The number of ether oxygens (including phenoxy) is 2. The fourth-order valence-electron chi connectivity index (χ4n) is 4.02. The molecule has 1 aliphatic heterocycles. The summed E-state index contributed by atoms with van der Waals surface area (Å²) in [5.74, 6) is 1.20. The minimum absolute atomic E-state index is 0.00663. The average Bonchev–Trinajstić information content (AvgIpc) is 3.56. The van der Waals surface area contributed by atoms with E-state index in [9.17, 15) is 18.0 Å². The summed E-state index contributed by atoms with van der Waals surface area (Å²) in [6.45, 7) is 1.93. The molecule has 4 aromatic rings. The molecule has 0 radical (unpaired) electrons. The van der Waals surface area contributed by atoms with Crippen LogP contribution in [0.3, 0.4) is 0 Å². The number of benzene rings is 3. The van der Waals surface area contributed by atoms with Gasteiger partial charge in [0.05, 0.1) is 24.8 Å². The van der Waals surface area contributed by atoms with Crippen molar-refractivity contribution in [3.63, 3.8) is 0 Å². The molecule has 1 unspecified atom stereocenters. The number of anilines is 1. The van der Waals surface area contributed by atoms with Crippen molar-refractivity contribution in [3.8, 4) is 28.6 Å². The summed E-state index contributed by atoms with van der Waals surface area (Å²) in [5, 5.41) is 8.75. The zero-order chi connectivity index (χ0) is 28.3. The zero-order valence-electron chi connectivity index (χ0n) is 21.3. The highest BCUT2D eigenvalue weighted by molar-refractivity contribution is 8.01. The van der Waals surface area contributed by atoms with E-state index in [1.807, 2.05) is 49.4 Å². The van der Waals surface area contributed by atoms with Gasteiger partial charge >= 0.3 is 6.36 Å². The van der Waals surface area contributed by atoms with Crippen molar-refractivity contribution in [2.45, 2.75) is 18.8 Å². The van der Waals surface area contributed by atoms with Gasteiger partial charge in [-0.25, -0.2) is 9.67 Å². The number of methoxy groups -OCH3 is 1. The molecular formula is C27H23F3N6O3S. The molecule has 0 aliphatic carbocycles. The Bertz CT molecular complexity index is 1520. The first kappa shape index (κ1) is 27.1. The molecule has 1 fully saturated rings. The Kier molecular flexibility index (Phi) is 7.65. The van der Waals surface area contributed by atoms with Crippen LogP contribution in [0.1, 0.15) is 11.1 Å². The quantitative estimate of drug-likeness (QED) is 0.233. The Morgan fingerprint density at radius 1 is 1.07 bits per heavy atom. The number of amides is 1. The van der Waals surface area contributed by atoms with Crippen LogP contribution in [-0.4, -0.2) is 51.6 Å². The monoisotopic (exact) mass is 568 g/mol. The molecule has 13 heteroatoms. The Morgan fingerprint density at radius 2 is 1.80 bits per heavy atom. The number of aromatic nitrogens is 3. The number of nitrogens with one attached hydrogen (secondary N) is 1. The predicted octanol–water partition coefficient (Wildman–Crippen LogP) is 5.14. The molecule has 9 nitrogen and oxygen atoms in total. The third-order valence-electron chi connectivity index (χ3n) is 5.93. The summed E-state index contributed by atoms with van der Waals surface area (Å²) >= 11 is 1.45. The minimum Gasteiger partial charge on any atom is -0.497 e. The molecule has 1 N–H and O–H groups in total. The van der Waals surface area contributed by atoms with E-state index in [2.05, 4.69) is 25.3 Å². The van der Waals surface area contributed by atoms with Gasteiger partial charge in [0.15, 0.2) is 11.3 Å². The molecule has 0 saturated carbocycles. The molecule has 40 heavy (non-hydrogen) atoms. The number of hydrogen-bond donors (Lipinski definition) is 1. The third kappa shape index (κ3) is 6.20. The van der Waals surface area contributed by atoms with Crippen LogP contribution in [0.25, 0.3) is 17.1 Å². The Labute approximate surface area is 231 Å².